The third-order valence-electron chi connectivity index (χ3n) is 4.08. The van der Waals surface area contributed by atoms with Gasteiger partial charge in [-0.15, -0.1) is 0 Å². The molecule has 3 aromatic rings. The van der Waals surface area contributed by atoms with Gasteiger partial charge in [-0.05, 0) is 24.3 Å². The first kappa shape index (κ1) is 16.6. The van der Waals surface area contributed by atoms with Crippen LogP contribution in [0.4, 0.5) is 5.82 Å². The number of hydrogen-bond acceptors (Lipinski definition) is 7. The SMILES string of the molecule is N#Cc1cc2cc3c(cc2nc1NCCNC(=O)c1ccncc1)OCO3. The summed E-state index contributed by atoms with van der Waals surface area (Å²) in [5, 5.41) is 16.1. The van der Waals surface area contributed by atoms with Crippen molar-refractivity contribution in [2.24, 2.45) is 0 Å². The second-order valence-electron chi connectivity index (χ2n) is 5.81. The highest BCUT2D eigenvalue weighted by Gasteiger charge is 2.16. The summed E-state index contributed by atoms with van der Waals surface area (Å²) in [5.41, 5.74) is 1.66. The number of rotatable bonds is 5. The molecule has 0 saturated heterocycles. The van der Waals surface area contributed by atoms with Gasteiger partial charge in [0.1, 0.15) is 11.9 Å². The Kier molecular flexibility index (Phi) is 4.41. The molecule has 0 unspecified atom stereocenters. The van der Waals surface area contributed by atoms with Crippen molar-refractivity contribution < 1.29 is 14.3 Å². The fourth-order valence-electron chi connectivity index (χ4n) is 2.75. The summed E-state index contributed by atoms with van der Waals surface area (Å²) in [6, 6.07) is 10.8. The largest absolute Gasteiger partial charge is 0.454 e. The number of nitrogens with one attached hydrogen (secondary N) is 2. The Hall–Kier alpha value is -3.86. The quantitative estimate of drug-likeness (QED) is 0.670. The Bertz CT molecular complexity index is 1050. The molecule has 2 N–H and O–H groups in total. The van der Waals surface area contributed by atoms with Gasteiger partial charge in [-0.25, -0.2) is 4.98 Å². The molecule has 0 radical (unpaired) electrons. The molecule has 134 valence electrons. The predicted octanol–water partition coefficient (Wildman–Crippen LogP) is 2.07. The van der Waals surface area contributed by atoms with E-state index in [1.54, 1.807) is 36.7 Å². The zero-order valence-electron chi connectivity index (χ0n) is 14.2. The number of fused-ring (bicyclic) bond motifs is 2. The number of ether oxygens (including phenoxy) is 2. The van der Waals surface area contributed by atoms with Crippen LogP contribution in [0.5, 0.6) is 11.5 Å². The molecule has 0 bridgehead atoms. The zero-order chi connectivity index (χ0) is 18.6. The lowest BCUT2D eigenvalue weighted by Crippen LogP contribution is -2.29. The lowest BCUT2D eigenvalue weighted by atomic mass is 10.1. The third kappa shape index (κ3) is 3.43. The normalized spacial score (nSPS) is 11.8. The van der Waals surface area contributed by atoms with Crippen molar-refractivity contribution in [1.29, 1.82) is 5.26 Å². The number of pyridine rings is 2. The van der Waals surface area contributed by atoms with Crippen LogP contribution in [0.3, 0.4) is 0 Å². The Balaban J connectivity index is 1.44. The van der Waals surface area contributed by atoms with Crippen LogP contribution in [-0.2, 0) is 0 Å². The number of amides is 1. The second-order valence-corrected chi connectivity index (χ2v) is 5.81. The van der Waals surface area contributed by atoms with E-state index >= 15 is 0 Å². The number of nitrogens with zero attached hydrogens (tertiary/aromatic N) is 3. The first-order valence-electron chi connectivity index (χ1n) is 8.31. The Morgan fingerprint density at radius 2 is 1.93 bits per heavy atom. The standard InChI is InChI=1S/C19H15N5O3/c20-10-14-7-13-8-16-17(27-11-26-16)9-15(13)24-18(14)22-5-6-23-19(25)12-1-3-21-4-2-12/h1-4,7-9H,5-6,11H2,(H,22,24)(H,23,25). The highest BCUT2D eigenvalue weighted by Crippen LogP contribution is 2.36. The Morgan fingerprint density at radius 3 is 2.70 bits per heavy atom. The minimum absolute atomic E-state index is 0.180. The van der Waals surface area contributed by atoms with Crippen LogP contribution in [0.1, 0.15) is 15.9 Å². The summed E-state index contributed by atoms with van der Waals surface area (Å²) in [7, 11) is 0. The molecule has 3 heterocycles. The summed E-state index contributed by atoms with van der Waals surface area (Å²) in [6.07, 6.45) is 3.13. The number of benzene rings is 1. The maximum absolute atomic E-state index is 12.0. The summed E-state index contributed by atoms with van der Waals surface area (Å²) in [5.74, 6) is 1.56. The van der Waals surface area contributed by atoms with Gasteiger partial charge in [-0.3, -0.25) is 9.78 Å². The van der Waals surface area contributed by atoms with E-state index in [0.29, 0.717) is 47.1 Å². The van der Waals surface area contributed by atoms with E-state index < -0.39 is 0 Å². The summed E-state index contributed by atoms with van der Waals surface area (Å²) < 4.78 is 10.7. The topological polar surface area (TPSA) is 109 Å². The van der Waals surface area contributed by atoms with Crippen LogP contribution in [0, 0.1) is 11.3 Å². The van der Waals surface area contributed by atoms with E-state index in [2.05, 4.69) is 26.7 Å². The van der Waals surface area contributed by atoms with Gasteiger partial charge in [0, 0.05) is 42.5 Å². The van der Waals surface area contributed by atoms with Crippen molar-refractivity contribution in [3.8, 4) is 17.6 Å². The third-order valence-corrected chi connectivity index (χ3v) is 4.08. The van der Waals surface area contributed by atoms with Crippen molar-refractivity contribution in [1.82, 2.24) is 15.3 Å². The van der Waals surface area contributed by atoms with E-state index in [1.165, 1.54) is 0 Å². The highest BCUT2D eigenvalue weighted by atomic mass is 16.7. The molecule has 1 aliphatic rings. The molecule has 1 aliphatic heterocycles. The molecule has 4 rings (SSSR count). The van der Waals surface area contributed by atoms with Crippen molar-refractivity contribution >= 4 is 22.6 Å². The zero-order valence-corrected chi connectivity index (χ0v) is 14.2. The van der Waals surface area contributed by atoms with Crippen LogP contribution in [0.25, 0.3) is 10.9 Å². The van der Waals surface area contributed by atoms with Gasteiger partial charge >= 0.3 is 0 Å². The number of nitriles is 1. The molecule has 1 aromatic carbocycles. The van der Waals surface area contributed by atoms with Crippen LogP contribution in [0.2, 0.25) is 0 Å². The number of anilines is 1. The lowest BCUT2D eigenvalue weighted by Gasteiger charge is -2.10. The van der Waals surface area contributed by atoms with E-state index in [-0.39, 0.29) is 12.7 Å². The molecule has 0 spiro atoms. The summed E-state index contributed by atoms with van der Waals surface area (Å²) in [6.45, 7) is 0.987. The molecule has 0 fully saturated rings. The molecule has 0 atom stereocenters. The van der Waals surface area contributed by atoms with Gasteiger partial charge in [-0.1, -0.05) is 0 Å². The summed E-state index contributed by atoms with van der Waals surface area (Å²) >= 11 is 0. The maximum atomic E-state index is 12.0. The highest BCUT2D eigenvalue weighted by molar-refractivity contribution is 5.94. The molecule has 0 saturated carbocycles. The first-order chi connectivity index (χ1) is 13.2. The number of carbonyl (C=O) groups excluding carboxylic acids is 1. The maximum Gasteiger partial charge on any atom is 0.251 e. The first-order valence-corrected chi connectivity index (χ1v) is 8.31. The van der Waals surface area contributed by atoms with Gasteiger partial charge in [0.05, 0.1) is 11.1 Å². The Morgan fingerprint density at radius 1 is 1.15 bits per heavy atom. The molecule has 0 aliphatic carbocycles. The van der Waals surface area contributed by atoms with Crippen molar-refractivity contribution in [3.63, 3.8) is 0 Å². The van der Waals surface area contributed by atoms with E-state index in [9.17, 15) is 10.1 Å². The lowest BCUT2D eigenvalue weighted by molar-refractivity contribution is 0.0955. The fourth-order valence-corrected chi connectivity index (χ4v) is 2.75. The predicted molar refractivity (Wildman–Crippen MR) is 97.6 cm³/mol. The monoisotopic (exact) mass is 361 g/mol. The van der Waals surface area contributed by atoms with Gasteiger partial charge in [0.25, 0.3) is 5.91 Å². The van der Waals surface area contributed by atoms with Crippen molar-refractivity contribution in [2.45, 2.75) is 0 Å². The van der Waals surface area contributed by atoms with Gasteiger partial charge in [0.2, 0.25) is 6.79 Å². The van der Waals surface area contributed by atoms with Gasteiger partial charge in [0.15, 0.2) is 11.5 Å². The van der Waals surface area contributed by atoms with Gasteiger partial charge < -0.3 is 20.1 Å². The van der Waals surface area contributed by atoms with Crippen LogP contribution < -0.4 is 20.1 Å². The molecule has 1 amide bonds. The molecule has 8 nitrogen and oxygen atoms in total. The molecule has 2 aromatic heterocycles. The molecular weight excluding hydrogens is 346 g/mol. The minimum atomic E-state index is -0.182. The van der Waals surface area contributed by atoms with Gasteiger partial charge in [-0.2, -0.15) is 5.26 Å². The number of hydrogen-bond donors (Lipinski definition) is 2. The van der Waals surface area contributed by atoms with E-state index in [0.717, 1.165) is 5.39 Å². The fraction of sp³-hybridized carbons (Fsp3) is 0.158. The molecule has 8 heteroatoms. The summed E-state index contributed by atoms with van der Waals surface area (Å²) in [4.78, 5) is 20.4. The van der Waals surface area contributed by atoms with Crippen molar-refractivity contribution in [3.05, 3.63) is 53.9 Å². The minimum Gasteiger partial charge on any atom is -0.454 e. The molecule has 27 heavy (non-hydrogen) atoms. The van der Waals surface area contributed by atoms with Crippen molar-refractivity contribution in [2.75, 3.05) is 25.2 Å². The van der Waals surface area contributed by atoms with Crippen LogP contribution in [0.15, 0.2) is 42.7 Å². The average molecular weight is 361 g/mol. The van der Waals surface area contributed by atoms with Crippen LogP contribution >= 0.6 is 0 Å². The number of carbonyl (C=O) groups is 1. The van der Waals surface area contributed by atoms with E-state index in [4.69, 9.17) is 9.47 Å². The second kappa shape index (κ2) is 7.17. The smallest absolute Gasteiger partial charge is 0.251 e. The van der Waals surface area contributed by atoms with Crippen LogP contribution in [-0.4, -0.2) is 35.8 Å². The number of aromatic nitrogens is 2. The Labute approximate surface area is 154 Å². The molecular formula is C19H15N5O3. The average Bonchev–Trinajstić information content (AvgIpc) is 3.16. The van der Waals surface area contributed by atoms with E-state index in [1.807, 2.05) is 6.07 Å².